The largest absolute Gasteiger partial charge is 0.421 e. The molecule has 0 radical (unpaired) electrons. The van der Waals surface area contributed by atoms with Gasteiger partial charge in [-0.05, 0) is 88.1 Å². The second kappa shape index (κ2) is 9.70. The summed E-state index contributed by atoms with van der Waals surface area (Å²) in [5.41, 5.74) is -1.73. The Labute approximate surface area is 199 Å². The van der Waals surface area contributed by atoms with E-state index in [2.05, 4.69) is 12.1 Å². The van der Waals surface area contributed by atoms with E-state index >= 15 is 0 Å². The number of hydrogen-bond acceptors (Lipinski definition) is 3. The summed E-state index contributed by atoms with van der Waals surface area (Å²) in [6.45, 7) is 6.64. The SMILES string of the molecule is CCN(C(=O)c1ccc([C@](C)(O)C(F)(F)F)cc1)C1CCC(c2ccc(C(C)(C)O)cc2)CC1. The third kappa shape index (κ3) is 5.47. The van der Waals surface area contributed by atoms with E-state index in [1.54, 1.807) is 18.7 Å². The van der Waals surface area contributed by atoms with E-state index in [1.807, 2.05) is 19.1 Å². The van der Waals surface area contributed by atoms with E-state index in [-0.39, 0.29) is 17.5 Å². The third-order valence-corrected chi connectivity index (χ3v) is 7.07. The van der Waals surface area contributed by atoms with Gasteiger partial charge in [-0.2, -0.15) is 13.2 Å². The average molecular weight is 478 g/mol. The molecule has 1 fully saturated rings. The second-order valence-electron chi connectivity index (χ2n) is 9.92. The number of alkyl halides is 3. The maximum atomic E-state index is 13.1. The van der Waals surface area contributed by atoms with Crippen LogP contribution in [0.15, 0.2) is 48.5 Å². The summed E-state index contributed by atoms with van der Waals surface area (Å²) in [5.74, 6) is 0.184. The predicted octanol–water partition coefficient (Wildman–Crippen LogP) is 5.87. The summed E-state index contributed by atoms with van der Waals surface area (Å²) in [7, 11) is 0. The van der Waals surface area contributed by atoms with Crippen LogP contribution >= 0.6 is 0 Å². The number of carbonyl (C=O) groups excluding carboxylic acids is 1. The molecule has 0 bridgehead atoms. The number of halogens is 3. The van der Waals surface area contributed by atoms with Crippen LogP contribution in [0.5, 0.6) is 0 Å². The second-order valence-corrected chi connectivity index (χ2v) is 9.92. The molecule has 3 rings (SSSR count). The van der Waals surface area contributed by atoms with Gasteiger partial charge in [0, 0.05) is 18.2 Å². The molecule has 0 unspecified atom stereocenters. The number of carbonyl (C=O) groups is 1. The molecule has 2 N–H and O–H groups in total. The summed E-state index contributed by atoms with van der Waals surface area (Å²) in [6, 6.07) is 13.2. The van der Waals surface area contributed by atoms with Gasteiger partial charge < -0.3 is 15.1 Å². The molecule has 2 aromatic rings. The summed E-state index contributed by atoms with van der Waals surface area (Å²) in [4.78, 5) is 14.9. The van der Waals surface area contributed by atoms with E-state index < -0.39 is 17.4 Å². The molecule has 0 aromatic heterocycles. The van der Waals surface area contributed by atoms with Gasteiger partial charge in [0.1, 0.15) is 0 Å². The predicted molar refractivity (Wildman–Crippen MR) is 125 cm³/mol. The number of amides is 1. The summed E-state index contributed by atoms with van der Waals surface area (Å²) >= 11 is 0. The molecular weight excluding hydrogens is 443 g/mol. The van der Waals surface area contributed by atoms with Crippen molar-refractivity contribution in [2.45, 2.75) is 82.7 Å². The van der Waals surface area contributed by atoms with E-state index in [0.717, 1.165) is 31.2 Å². The Morgan fingerprint density at radius 3 is 1.82 bits per heavy atom. The van der Waals surface area contributed by atoms with Crippen molar-refractivity contribution >= 4 is 5.91 Å². The van der Waals surface area contributed by atoms with Gasteiger partial charge >= 0.3 is 6.18 Å². The van der Waals surface area contributed by atoms with Gasteiger partial charge in [0.2, 0.25) is 0 Å². The fourth-order valence-corrected chi connectivity index (χ4v) is 4.72. The standard InChI is InChI=1S/C27H34F3NO3/c1-5-31(24(32)20-8-14-22(15-9-20)26(4,34)27(28,29)30)23-16-10-19(11-17-23)18-6-12-21(13-7-18)25(2,3)33/h6-9,12-15,19,23,33-34H,5,10-11,16-17H2,1-4H3/t19?,23?,26-/m0/s1. The minimum Gasteiger partial charge on any atom is -0.386 e. The Hall–Kier alpha value is -2.38. The minimum atomic E-state index is -4.80. The van der Waals surface area contributed by atoms with E-state index in [0.29, 0.717) is 24.9 Å². The highest BCUT2D eigenvalue weighted by Gasteiger charge is 2.51. The Bertz CT molecular complexity index is 968. The smallest absolute Gasteiger partial charge is 0.386 e. The van der Waals surface area contributed by atoms with Crippen molar-refractivity contribution in [2.24, 2.45) is 0 Å². The zero-order valence-corrected chi connectivity index (χ0v) is 20.2. The Morgan fingerprint density at radius 1 is 0.882 bits per heavy atom. The van der Waals surface area contributed by atoms with Crippen molar-refractivity contribution in [1.82, 2.24) is 4.90 Å². The molecule has 2 aromatic carbocycles. The van der Waals surface area contributed by atoms with Crippen LogP contribution in [0, 0.1) is 0 Å². The first kappa shape index (κ1) is 26.2. The highest BCUT2D eigenvalue weighted by molar-refractivity contribution is 5.94. The molecule has 1 aliphatic carbocycles. The number of hydrogen-bond donors (Lipinski definition) is 2. The highest BCUT2D eigenvalue weighted by atomic mass is 19.4. The first-order valence-electron chi connectivity index (χ1n) is 11.8. The van der Waals surface area contributed by atoms with E-state index in [4.69, 9.17) is 0 Å². The molecule has 1 amide bonds. The third-order valence-electron chi connectivity index (χ3n) is 7.07. The summed E-state index contributed by atoms with van der Waals surface area (Å²) in [5, 5.41) is 20.0. The van der Waals surface area contributed by atoms with Crippen molar-refractivity contribution in [3.05, 3.63) is 70.8 Å². The Kier molecular flexibility index (Phi) is 7.48. The van der Waals surface area contributed by atoms with Crippen LogP contribution < -0.4 is 0 Å². The van der Waals surface area contributed by atoms with Crippen molar-refractivity contribution in [3.8, 4) is 0 Å². The van der Waals surface area contributed by atoms with Crippen LogP contribution in [0.25, 0.3) is 0 Å². The Morgan fingerprint density at radius 2 is 1.38 bits per heavy atom. The van der Waals surface area contributed by atoms with Crippen molar-refractivity contribution < 1.29 is 28.2 Å². The molecular formula is C27H34F3NO3. The van der Waals surface area contributed by atoms with Gasteiger partial charge in [0.25, 0.3) is 5.91 Å². The normalized spacial score (nSPS) is 21.1. The van der Waals surface area contributed by atoms with Crippen LogP contribution in [-0.2, 0) is 11.2 Å². The molecule has 4 nitrogen and oxygen atoms in total. The van der Waals surface area contributed by atoms with Crippen LogP contribution in [0.4, 0.5) is 13.2 Å². The lowest BCUT2D eigenvalue weighted by Crippen LogP contribution is -2.42. The monoisotopic (exact) mass is 477 g/mol. The lowest BCUT2D eigenvalue weighted by molar-refractivity contribution is -0.258. The van der Waals surface area contributed by atoms with Crippen LogP contribution in [0.2, 0.25) is 0 Å². The van der Waals surface area contributed by atoms with Gasteiger partial charge in [-0.3, -0.25) is 4.79 Å². The van der Waals surface area contributed by atoms with Crippen LogP contribution in [0.3, 0.4) is 0 Å². The maximum absolute atomic E-state index is 13.1. The molecule has 1 saturated carbocycles. The molecule has 0 spiro atoms. The molecule has 34 heavy (non-hydrogen) atoms. The number of nitrogens with zero attached hydrogens (tertiary/aromatic N) is 1. The van der Waals surface area contributed by atoms with Crippen LogP contribution in [-0.4, -0.2) is 39.8 Å². The molecule has 186 valence electrons. The van der Waals surface area contributed by atoms with E-state index in [1.165, 1.54) is 29.8 Å². The quantitative estimate of drug-likeness (QED) is 0.547. The molecule has 1 atom stereocenters. The molecule has 0 heterocycles. The fraction of sp³-hybridized carbons (Fsp3) is 0.519. The van der Waals surface area contributed by atoms with Gasteiger partial charge in [0.15, 0.2) is 5.60 Å². The minimum absolute atomic E-state index is 0.0716. The number of aliphatic hydroxyl groups is 2. The van der Waals surface area contributed by atoms with Crippen molar-refractivity contribution in [2.75, 3.05) is 6.54 Å². The van der Waals surface area contributed by atoms with Crippen molar-refractivity contribution in [1.29, 1.82) is 0 Å². The molecule has 0 aliphatic heterocycles. The van der Waals surface area contributed by atoms with Gasteiger partial charge in [-0.1, -0.05) is 36.4 Å². The first-order chi connectivity index (χ1) is 15.8. The zero-order valence-electron chi connectivity index (χ0n) is 20.2. The number of rotatable bonds is 6. The van der Waals surface area contributed by atoms with Gasteiger partial charge in [0.05, 0.1) is 5.60 Å². The molecule has 1 aliphatic rings. The van der Waals surface area contributed by atoms with E-state index in [9.17, 15) is 28.2 Å². The topological polar surface area (TPSA) is 60.8 Å². The highest BCUT2D eigenvalue weighted by Crippen LogP contribution is 2.39. The molecule has 0 saturated heterocycles. The molecule has 7 heteroatoms. The zero-order chi connectivity index (χ0) is 25.3. The first-order valence-corrected chi connectivity index (χ1v) is 11.8. The average Bonchev–Trinajstić information content (AvgIpc) is 2.79. The fourth-order valence-electron chi connectivity index (χ4n) is 4.72. The van der Waals surface area contributed by atoms with Crippen molar-refractivity contribution in [3.63, 3.8) is 0 Å². The lowest BCUT2D eigenvalue weighted by atomic mass is 9.80. The summed E-state index contributed by atoms with van der Waals surface area (Å²) in [6.07, 6.45) is -1.24. The van der Waals surface area contributed by atoms with Crippen LogP contribution in [0.1, 0.15) is 86.3 Å². The summed E-state index contributed by atoms with van der Waals surface area (Å²) < 4.78 is 39.3. The van der Waals surface area contributed by atoms with Gasteiger partial charge in [-0.15, -0.1) is 0 Å². The lowest BCUT2D eigenvalue weighted by Gasteiger charge is -2.37. The Balaban J connectivity index is 1.65. The van der Waals surface area contributed by atoms with Gasteiger partial charge in [-0.25, -0.2) is 0 Å². The number of benzene rings is 2. The maximum Gasteiger partial charge on any atom is 0.421 e.